The van der Waals surface area contributed by atoms with Crippen LogP contribution in [0.4, 0.5) is 0 Å². The van der Waals surface area contributed by atoms with E-state index in [9.17, 15) is 4.79 Å². The van der Waals surface area contributed by atoms with Crippen LogP contribution in [0, 0.1) is 20.8 Å². The Balaban J connectivity index is 1.96. The summed E-state index contributed by atoms with van der Waals surface area (Å²) in [6, 6.07) is 8.13. The molecular formula is C16H18O3S. The lowest BCUT2D eigenvalue weighted by molar-refractivity contribution is 0.0695. The molecule has 0 aliphatic carbocycles. The zero-order valence-electron chi connectivity index (χ0n) is 11.9. The van der Waals surface area contributed by atoms with Gasteiger partial charge in [-0.05, 0) is 32.4 Å². The third-order valence-corrected chi connectivity index (χ3v) is 4.02. The van der Waals surface area contributed by atoms with Gasteiger partial charge in [-0.1, -0.05) is 29.3 Å². The minimum absolute atomic E-state index is 0.256. The molecule has 0 fully saturated rings. The highest BCUT2D eigenvalue weighted by molar-refractivity contribution is 7.97. The summed E-state index contributed by atoms with van der Waals surface area (Å²) in [5.41, 5.74) is 4.08. The highest BCUT2D eigenvalue weighted by Gasteiger charge is 2.13. The SMILES string of the molecule is Cc1cc(C)cc(CSCc2cc(C(=O)O)c(C)o2)c1. The van der Waals surface area contributed by atoms with Crippen LogP contribution in [0.2, 0.25) is 0 Å². The van der Waals surface area contributed by atoms with Crippen LogP contribution in [0.25, 0.3) is 0 Å². The van der Waals surface area contributed by atoms with Gasteiger partial charge in [-0.15, -0.1) is 11.8 Å². The Labute approximate surface area is 123 Å². The predicted octanol–water partition coefficient (Wildman–Crippen LogP) is 4.34. The molecule has 0 amide bonds. The number of hydrogen-bond donors (Lipinski definition) is 1. The van der Waals surface area contributed by atoms with E-state index in [4.69, 9.17) is 9.52 Å². The molecule has 0 radical (unpaired) electrons. The lowest BCUT2D eigenvalue weighted by atomic mass is 10.1. The van der Waals surface area contributed by atoms with Gasteiger partial charge in [0.15, 0.2) is 0 Å². The number of benzene rings is 1. The molecule has 0 aliphatic heterocycles. The van der Waals surface area contributed by atoms with Crippen LogP contribution in [0.1, 0.15) is 38.6 Å². The summed E-state index contributed by atoms with van der Waals surface area (Å²) in [5.74, 6) is 1.83. The van der Waals surface area contributed by atoms with E-state index in [1.54, 1.807) is 24.8 Å². The lowest BCUT2D eigenvalue weighted by Crippen LogP contribution is -1.94. The van der Waals surface area contributed by atoms with E-state index in [1.165, 1.54) is 16.7 Å². The van der Waals surface area contributed by atoms with Gasteiger partial charge in [-0.25, -0.2) is 4.79 Å². The number of thioether (sulfide) groups is 1. The lowest BCUT2D eigenvalue weighted by Gasteiger charge is -2.04. The molecule has 0 aliphatic rings. The molecule has 1 aromatic heterocycles. The maximum absolute atomic E-state index is 10.9. The van der Waals surface area contributed by atoms with Crippen molar-refractivity contribution in [3.8, 4) is 0 Å². The standard InChI is InChI=1S/C16H18O3S/c1-10-4-11(2)6-13(5-10)8-20-9-14-7-15(16(17)18)12(3)19-14/h4-7H,8-9H2,1-3H3,(H,17,18). The monoisotopic (exact) mass is 290 g/mol. The molecule has 2 rings (SSSR count). The van der Waals surface area contributed by atoms with Crippen molar-refractivity contribution in [3.05, 3.63) is 58.0 Å². The number of rotatable bonds is 5. The molecule has 3 nitrogen and oxygen atoms in total. The van der Waals surface area contributed by atoms with Crippen LogP contribution >= 0.6 is 11.8 Å². The first-order valence-electron chi connectivity index (χ1n) is 6.43. The van der Waals surface area contributed by atoms with Crippen molar-refractivity contribution in [2.45, 2.75) is 32.3 Å². The molecule has 1 N–H and O–H groups in total. The molecule has 0 atom stereocenters. The molecule has 20 heavy (non-hydrogen) atoms. The van der Waals surface area contributed by atoms with E-state index in [2.05, 4.69) is 32.0 Å². The predicted molar refractivity (Wildman–Crippen MR) is 81.3 cm³/mol. The van der Waals surface area contributed by atoms with Crippen LogP contribution in [0.3, 0.4) is 0 Å². The molecule has 0 saturated heterocycles. The third kappa shape index (κ3) is 3.67. The molecule has 106 valence electrons. The van der Waals surface area contributed by atoms with Gasteiger partial charge in [0, 0.05) is 5.75 Å². The van der Waals surface area contributed by atoms with E-state index in [1.807, 2.05) is 0 Å². The third-order valence-electron chi connectivity index (χ3n) is 2.99. The van der Waals surface area contributed by atoms with Crippen molar-refractivity contribution in [1.82, 2.24) is 0 Å². The molecule has 0 spiro atoms. The average molecular weight is 290 g/mol. The van der Waals surface area contributed by atoms with Crippen LogP contribution in [-0.4, -0.2) is 11.1 Å². The summed E-state index contributed by atoms with van der Waals surface area (Å²) >= 11 is 1.72. The number of carboxylic acid groups (broad SMARTS) is 1. The highest BCUT2D eigenvalue weighted by Crippen LogP contribution is 2.23. The Hall–Kier alpha value is -1.68. The second-order valence-corrected chi connectivity index (χ2v) is 5.96. The van der Waals surface area contributed by atoms with E-state index in [0.29, 0.717) is 17.3 Å². The molecular weight excluding hydrogens is 272 g/mol. The smallest absolute Gasteiger partial charge is 0.339 e. The summed E-state index contributed by atoms with van der Waals surface area (Å²) < 4.78 is 5.46. The van der Waals surface area contributed by atoms with Gasteiger partial charge in [0.05, 0.1) is 5.75 Å². The fourth-order valence-electron chi connectivity index (χ4n) is 2.25. The van der Waals surface area contributed by atoms with E-state index >= 15 is 0 Å². The zero-order chi connectivity index (χ0) is 14.7. The van der Waals surface area contributed by atoms with Crippen molar-refractivity contribution in [2.75, 3.05) is 0 Å². The van der Waals surface area contributed by atoms with E-state index < -0.39 is 5.97 Å². The molecule has 0 bridgehead atoms. The van der Waals surface area contributed by atoms with Crippen LogP contribution in [0.15, 0.2) is 28.7 Å². The van der Waals surface area contributed by atoms with E-state index in [-0.39, 0.29) is 5.56 Å². The first kappa shape index (κ1) is 14.7. The fourth-order valence-corrected chi connectivity index (χ4v) is 3.10. The summed E-state index contributed by atoms with van der Waals surface area (Å²) in [6.45, 7) is 5.87. The Morgan fingerprint density at radius 1 is 1.10 bits per heavy atom. The molecule has 4 heteroatoms. The molecule has 0 saturated carbocycles. The van der Waals surface area contributed by atoms with Gasteiger partial charge in [0.2, 0.25) is 0 Å². The maximum Gasteiger partial charge on any atom is 0.339 e. The maximum atomic E-state index is 10.9. The minimum Gasteiger partial charge on any atom is -0.478 e. The van der Waals surface area contributed by atoms with Gasteiger partial charge in [0.1, 0.15) is 17.1 Å². The number of aryl methyl sites for hydroxylation is 3. The van der Waals surface area contributed by atoms with Crippen LogP contribution in [0.5, 0.6) is 0 Å². The zero-order valence-corrected chi connectivity index (χ0v) is 12.7. The van der Waals surface area contributed by atoms with Gasteiger partial charge < -0.3 is 9.52 Å². The normalized spacial score (nSPS) is 10.8. The van der Waals surface area contributed by atoms with Crippen molar-refractivity contribution in [2.24, 2.45) is 0 Å². The van der Waals surface area contributed by atoms with Gasteiger partial charge in [-0.2, -0.15) is 0 Å². The largest absolute Gasteiger partial charge is 0.478 e. The second-order valence-electron chi connectivity index (χ2n) is 4.98. The topological polar surface area (TPSA) is 50.4 Å². The van der Waals surface area contributed by atoms with Gasteiger partial charge in [0.25, 0.3) is 0 Å². The van der Waals surface area contributed by atoms with Crippen molar-refractivity contribution in [3.63, 3.8) is 0 Å². The Morgan fingerprint density at radius 3 is 2.30 bits per heavy atom. The molecule has 0 unspecified atom stereocenters. The van der Waals surface area contributed by atoms with E-state index in [0.717, 1.165) is 5.75 Å². The second kappa shape index (κ2) is 6.18. The first-order chi connectivity index (χ1) is 9.45. The van der Waals surface area contributed by atoms with Crippen molar-refractivity contribution < 1.29 is 14.3 Å². The van der Waals surface area contributed by atoms with Crippen molar-refractivity contribution in [1.29, 1.82) is 0 Å². The molecule has 1 heterocycles. The fraction of sp³-hybridized carbons (Fsp3) is 0.312. The first-order valence-corrected chi connectivity index (χ1v) is 7.58. The Morgan fingerprint density at radius 2 is 1.75 bits per heavy atom. The molecule has 1 aromatic carbocycles. The highest BCUT2D eigenvalue weighted by atomic mass is 32.2. The number of aromatic carboxylic acids is 1. The van der Waals surface area contributed by atoms with Crippen molar-refractivity contribution >= 4 is 17.7 Å². The average Bonchev–Trinajstić information content (AvgIpc) is 2.69. The number of furan rings is 1. The van der Waals surface area contributed by atoms with Gasteiger partial charge >= 0.3 is 5.97 Å². The number of carbonyl (C=O) groups is 1. The Kier molecular flexibility index (Phi) is 4.55. The summed E-state index contributed by atoms with van der Waals surface area (Å²) in [7, 11) is 0. The van der Waals surface area contributed by atoms with Crippen LogP contribution < -0.4 is 0 Å². The van der Waals surface area contributed by atoms with Gasteiger partial charge in [-0.3, -0.25) is 0 Å². The minimum atomic E-state index is -0.934. The Bertz CT molecular complexity index is 608. The number of carboxylic acids is 1. The quantitative estimate of drug-likeness (QED) is 0.890. The van der Waals surface area contributed by atoms with Crippen LogP contribution in [-0.2, 0) is 11.5 Å². The number of hydrogen-bond acceptors (Lipinski definition) is 3. The summed E-state index contributed by atoms with van der Waals surface area (Å²) in [5, 5.41) is 8.98. The summed E-state index contributed by atoms with van der Waals surface area (Å²) in [6.07, 6.45) is 0. The summed E-state index contributed by atoms with van der Waals surface area (Å²) in [4.78, 5) is 10.9. The molecule has 2 aromatic rings.